The minimum atomic E-state index is -0.529. The van der Waals surface area contributed by atoms with E-state index in [9.17, 15) is 13.6 Å². The quantitative estimate of drug-likeness (QED) is 0.248. The van der Waals surface area contributed by atoms with Crippen molar-refractivity contribution in [3.8, 4) is 28.6 Å². The Kier molecular flexibility index (Phi) is 6.55. The fourth-order valence-electron chi connectivity index (χ4n) is 3.45. The lowest BCUT2D eigenvalue weighted by atomic mass is 10.2. The Hall–Kier alpha value is -4.37. The second-order valence-electron chi connectivity index (χ2n) is 7.67. The van der Waals surface area contributed by atoms with E-state index in [0.717, 1.165) is 5.56 Å². The van der Waals surface area contributed by atoms with Crippen LogP contribution in [-0.4, -0.2) is 20.7 Å². The molecule has 0 saturated carbocycles. The normalized spacial score (nSPS) is 10.8. The van der Waals surface area contributed by atoms with Crippen molar-refractivity contribution in [1.82, 2.24) is 14.8 Å². The summed E-state index contributed by atoms with van der Waals surface area (Å²) in [6.45, 7) is 0. The second kappa shape index (κ2) is 10.1. The van der Waals surface area contributed by atoms with Gasteiger partial charge in [-0.1, -0.05) is 36.4 Å². The zero-order valence-corrected chi connectivity index (χ0v) is 20.1. The van der Waals surface area contributed by atoms with Crippen LogP contribution in [0.3, 0.4) is 0 Å². The Morgan fingerprint density at radius 2 is 1.64 bits per heavy atom. The van der Waals surface area contributed by atoms with Crippen molar-refractivity contribution in [3.05, 3.63) is 119 Å². The van der Waals surface area contributed by atoms with Gasteiger partial charge in [-0.2, -0.15) is 0 Å². The molecule has 0 saturated heterocycles. The summed E-state index contributed by atoms with van der Waals surface area (Å²) >= 11 is 3.42. The number of anilines is 1. The summed E-state index contributed by atoms with van der Waals surface area (Å²) in [6.07, 6.45) is 0. The van der Waals surface area contributed by atoms with E-state index in [4.69, 9.17) is 4.74 Å². The Balaban J connectivity index is 1.41. The van der Waals surface area contributed by atoms with Crippen LogP contribution < -0.4 is 10.1 Å². The zero-order valence-electron chi connectivity index (χ0n) is 18.5. The van der Waals surface area contributed by atoms with E-state index in [0.29, 0.717) is 33.2 Å². The Bertz CT molecular complexity index is 1540. The van der Waals surface area contributed by atoms with Crippen LogP contribution in [0, 0.1) is 11.6 Å². The van der Waals surface area contributed by atoms with Gasteiger partial charge in [-0.25, -0.2) is 18.4 Å². The highest BCUT2D eigenvalue weighted by molar-refractivity contribution is 9.10. The van der Waals surface area contributed by atoms with Gasteiger partial charge in [0.25, 0.3) is 5.91 Å². The molecule has 0 atom stereocenters. The van der Waals surface area contributed by atoms with Crippen molar-refractivity contribution in [2.75, 3.05) is 5.32 Å². The van der Waals surface area contributed by atoms with Gasteiger partial charge in [-0.3, -0.25) is 4.79 Å². The standard InChI is InChI=1S/C27H17BrF2N4O2/c28-23-16-20(11-14-24(23)36-22-8-4-7-19(30)15-22)31-27(35)25-32-26(17-5-2-1-3-6-17)34(33-25)21-12-9-18(29)10-13-21/h1-16H,(H,31,35). The molecular formula is C27H17BrF2N4O2. The number of carbonyl (C=O) groups excluding carboxylic acids is 1. The van der Waals surface area contributed by atoms with Crippen molar-refractivity contribution >= 4 is 27.5 Å². The third-order valence-corrected chi connectivity index (χ3v) is 5.75. The molecule has 0 fully saturated rings. The first-order chi connectivity index (χ1) is 17.5. The van der Waals surface area contributed by atoms with Crippen LogP contribution in [-0.2, 0) is 0 Å². The van der Waals surface area contributed by atoms with Gasteiger partial charge in [0.2, 0.25) is 5.82 Å². The number of aromatic nitrogens is 3. The van der Waals surface area contributed by atoms with E-state index in [2.05, 4.69) is 31.3 Å². The van der Waals surface area contributed by atoms with E-state index in [1.807, 2.05) is 30.3 Å². The first kappa shape index (κ1) is 23.4. The number of carbonyl (C=O) groups is 1. The van der Waals surface area contributed by atoms with Gasteiger partial charge in [0.05, 0.1) is 10.2 Å². The molecule has 1 aromatic heterocycles. The van der Waals surface area contributed by atoms with Crippen LogP contribution in [0.5, 0.6) is 11.5 Å². The molecule has 4 aromatic carbocycles. The zero-order chi connectivity index (χ0) is 25.1. The Morgan fingerprint density at radius 1 is 0.861 bits per heavy atom. The van der Waals surface area contributed by atoms with Crippen LogP contribution in [0.2, 0.25) is 0 Å². The summed E-state index contributed by atoms with van der Waals surface area (Å²) in [4.78, 5) is 17.5. The van der Waals surface area contributed by atoms with Crippen LogP contribution in [0.1, 0.15) is 10.6 Å². The number of ether oxygens (including phenoxy) is 1. The molecule has 6 nitrogen and oxygen atoms in total. The highest BCUT2D eigenvalue weighted by Gasteiger charge is 2.19. The lowest BCUT2D eigenvalue weighted by Crippen LogP contribution is -2.14. The molecule has 1 heterocycles. The van der Waals surface area contributed by atoms with E-state index in [1.165, 1.54) is 28.9 Å². The second-order valence-corrected chi connectivity index (χ2v) is 8.53. The average molecular weight is 547 g/mol. The molecule has 0 aliphatic heterocycles. The predicted octanol–water partition coefficient (Wildman–Crippen LogP) is 7.02. The van der Waals surface area contributed by atoms with Crippen molar-refractivity contribution in [3.63, 3.8) is 0 Å². The molecule has 0 unspecified atom stereocenters. The first-order valence-electron chi connectivity index (χ1n) is 10.8. The minimum Gasteiger partial charge on any atom is -0.456 e. The summed E-state index contributed by atoms with van der Waals surface area (Å²) in [6, 6.07) is 25.8. The number of rotatable bonds is 6. The number of nitrogens with one attached hydrogen (secondary N) is 1. The lowest BCUT2D eigenvalue weighted by molar-refractivity contribution is 0.101. The topological polar surface area (TPSA) is 69.0 Å². The highest BCUT2D eigenvalue weighted by Crippen LogP contribution is 2.32. The largest absolute Gasteiger partial charge is 0.456 e. The van der Waals surface area contributed by atoms with Crippen molar-refractivity contribution in [2.24, 2.45) is 0 Å². The monoisotopic (exact) mass is 546 g/mol. The van der Waals surface area contributed by atoms with E-state index in [1.54, 1.807) is 42.5 Å². The number of amides is 1. The maximum atomic E-state index is 13.5. The molecule has 0 aliphatic carbocycles. The number of hydrogen-bond acceptors (Lipinski definition) is 4. The van der Waals surface area contributed by atoms with E-state index in [-0.39, 0.29) is 11.6 Å². The third-order valence-electron chi connectivity index (χ3n) is 5.13. The summed E-state index contributed by atoms with van der Waals surface area (Å²) < 4.78 is 34.7. The summed E-state index contributed by atoms with van der Waals surface area (Å²) in [7, 11) is 0. The average Bonchev–Trinajstić information content (AvgIpc) is 3.33. The van der Waals surface area contributed by atoms with Gasteiger partial charge >= 0.3 is 0 Å². The highest BCUT2D eigenvalue weighted by atomic mass is 79.9. The molecule has 178 valence electrons. The molecule has 5 aromatic rings. The maximum absolute atomic E-state index is 13.5. The Labute approximate surface area is 213 Å². The van der Waals surface area contributed by atoms with Gasteiger partial charge < -0.3 is 10.1 Å². The first-order valence-corrected chi connectivity index (χ1v) is 11.6. The van der Waals surface area contributed by atoms with Crippen molar-refractivity contribution in [2.45, 2.75) is 0 Å². The third kappa shape index (κ3) is 5.16. The Morgan fingerprint density at radius 3 is 2.36 bits per heavy atom. The van der Waals surface area contributed by atoms with Gasteiger partial charge in [0, 0.05) is 17.3 Å². The molecule has 9 heteroatoms. The summed E-state index contributed by atoms with van der Waals surface area (Å²) in [5.41, 5.74) is 1.77. The summed E-state index contributed by atoms with van der Waals surface area (Å²) in [5, 5.41) is 7.15. The number of benzene rings is 4. The molecule has 36 heavy (non-hydrogen) atoms. The predicted molar refractivity (Wildman–Crippen MR) is 135 cm³/mol. The molecule has 0 aliphatic rings. The molecule has 0 bridgehead atoms. The van der Waals surface area contributed by atoms with E-state index < -0.39 is 11.7 Å². The molecule has 5 rings (SSSR count). The minimum absolute atomic E-state index is 0.0608. The van der Waals surface area contributed by atoms with Crippen LogP contribution in [0.25, 0.3) is 17.1 Å². The summed E-state index contributed by atoms with van der Waals surface area (Å²) in [5.74, 6) is -0.149. The number of halogens is 3. The fourth-order valence-corrected chi connectivity index (χ4v) is 3.91. The van der Waals surface area contributed by atoms with Crippen LogP contribution >= 0.6 is 15.9 Å². The fraction of sp³-hybridized carbons (Fsp3) is 0. The molecule has 1 amide bonds. The molecular weight excluding hydrogens is 530 g/mol. The van der Waals surface area contributed by atoms with Gasteiger partial charge in [-0.15, -0.1) is 5.10 Å². The number of nitrogens with zero attached hydrogens (tertiary/aromatic N) is 3. The number of hydrogen-bond donors (Lipinski definition) is 1. The van der Waals surface area contributed by atoms with Gasteiger partial charge in [-0.05, 0) is 70.5 Å². The molecule has 1 N–H and O–H groups in total. The van der Waals surface area contributed by atoms with Gasteiger partial charge in [0.1, 0.15) is 23.1 Å². The molecule has 0 radical (unpaired) electrons. The van der Waals surface area contributed by atoms with Crippen LogP contribution in [0.4, 0.5) is 14.5 Å². The SMILES string of the molecule is O=C(Nc1ccc(Oc2cccc(F)c2)c(Br)c1)c1nc(-c2ccccc2)n(-c2ccc(F)cc2)n1. The lowest BCUT2D eigenvalue weighted by Gasteiger charge is -2.10. The van der Waals surface area contributed by atoms with Crippen molar-refractivity contribution < 1.29 is 18.3 Å². The van der Waals surface area contributed by atoms with E-state index >= 15 is 0 Å². The van der Waals surface area contributed by atoms with Crippen LogP contribution in [0.15, 0.2) is 102 Å². The maximum Gasteiger partial charge on any atom is 0.295 e. The van der Waals surface area contributed by atoms with Gasteiger partial charge in [0.15, 0.2) is 5.82 Å². The van der Waals surface area contributed by atoms with Crippen molar-refractivity contribution in [1.29, 1.82) is 0 Å². The smallest absolute Gasteiger partial charge is 0.295 e. The molecule has 0 spiro atoms.